The molecular weight excluding hydrogens is 404 g/mol. The first-order chi connectivity index (χ1) is 15.7. The number of fused-ring (bicyclic) bond motifs is 3. The minimum absolute atomic E-state index is 0.207. The molecule has 1 spiro atoms. The Morgan fingerprint density at radius 2 is 1.78 bits per heavy atom. The van der Waals surface area contributed by atoms with Crippen LogP contribution in [0.15, 0.2) is 54.7 Å². The third-order valence-electron chi connectivity index (χ3n) is 6.71. The highest BCUT2D eigenvalue weighted by molar-refractivity contribution is 5.94. The van der Waals surface area contributed by atoms with Gasteiger partial charge in [0.1, 0.15) is 22.7 Å². The third-order valence-corrected chi connectivity index (χ3v) is 6.71. The smallest absolute Gasteiger partial charge is 0.339 e. The predicted octanol–water partition coefficient (Wildman–Crippen LogP) is 4.75. The van der Waals surface area contributed by atoms with Gasteiger partial charge in [-0.25, -0.2) is 19.7 Å². The van der Waals surface area contributed by atoms with Crippen LogP contribution in [0.2, 0.25) is 0 Å². The van der Waals surface area contributed by atoms with E-state index >= 15 is 0 Å². The number of benzene rings is 2. The van der Waals surface area contributed by atoms with Crippen LogP contribution in [0.1, 0.15) is 53.3 Å². The summed E-state index contributed by atoms with van der Waals surface area (Å²) in [6, 6.07) is 15.4. The third kappa shape index (κ3) is 2.88. The summed E-state index contributed by atoms with van der Waals surface area (Å²) >= 11 is 0. The van der Waals surface area contributed by atoms with Gasteiger partial charge in [0.2, 0.25) is 0 Å². The number of H-pyrrole nitrogens is 1. The highest BCUT2D eigenvalue weighted by Crippen LogP contribution is 2.49. The number of hydrogen-bond acceptors (Lipinski definition) is 6. The second-order valence-electron chi connectivity index (χ2n) is 8.45. The number of carbonyl (C=O) groups excluding carboxylic acids is 1. The van der Waals surface area contributed by atoms with Crippen molar-refractivity contribution in [3.05, 3.63) is 71.7 Å². The highest BCUT2D eigenvalue weighted by atomic mass is 16.6. The molecule has 2 aliphatic rings. The van der Waals surface area contributed by atoms with Gasteiger partial charge in [-0.05, 0) is 43.9 Å². The summed E-state index contributed by atoms with van der Waals surface area (Å²) in [6.45, 7) is 0. The van der Waals surface area contributed by atoms with Crippen molar-refractivity contribution in [3.8, 4) is 17.1 Å². The number of rotatable bonds is 3. The quantitative estimate of drug-likeness (QED) is 0.476. The maximum Gasteiger partial charge on any atom is 0.339 e. The molecule has 0 amide bonds. The lowest BCUT2D eigenvalue weighted by Gasteiger charge is -2.35. The average Bonchev–Trinajstić information content (AvgIpc) is 3.38. The normalized spacial score (nSPS) is 22.2. The van der Waals surface area contributed by atoms with Crippen LogP contribution in [0.25, 0.3) is 22.6 Å². The van der Waals surface area contributed by atoms with E-state index in [1.165, 1.54) is 0 Å². The van der Waals surface area contributed by atoms with Gasteiger partial charge in [0, 0.05) is 11.5 Å². The Morgan fingerprint density at radius 3 is 2.59 bits per heavy atom. The van der Waals surface area contributed by atoms with Crippen LogP contribution < -0.4 is 4.74 Å². The lowest BCUT2D eigenvalue weighted by atomic mass is 9.75. The Hall–Kier alpha value is -3.74. The maximum atomic E-state index is 12.3. The average molecular weight is 426 g/mol. The number of nitrogens with zero attached hydrogens (tertiary/aromatic N) is 3. The Morgan fingerprint density at radius 1 is 1.03 bits per heavy atom. The first-order valence-corrected chi connectivity index (χ1v) is 10.9. The number of aromatic nitrogens is 4. The minimum atomic E-state index is -0.493. The van der Waals surface area contributed by atoms with Crippen molar-refractivity contribution in [2.45, 2.75) is 37.2 Å². The summed E-state index contributed by atoms with van der Waals surface area (Å²) in [5.74, 6) is 2.30. The first kappa shape index (κ1) is 19.0. The van der Waals surface area contributed by atoms with E-state index in [-0.39, 0.29) is 11.9 Å². The monoisotopic (exact) mass is 426 g/mol. The fourth-order valence-corrected chi connectivity index (χ4v) is 5.06. The van der Waals surface area contributed by atoms with Crippen LogP contribution in [0, 0.1) is 0 Å². The molecule has 0 bridgehead atoms. The second-order valence-corrected chi connectivity index (χ2v) is 8.45. The molecule has 1 fully saturated rings. The molecule has 7 heteroatoms. The molecule has 1 saturated carbocycles. The summed E-state index contributed by atoms with van der Waals surface area (Å²) < 4.78 is 11.3. The summed E-state index contributed by atoms with van der Waals surface area (Å²) in [7, 11) is 1.64. The minimum Gasteiger partial charge on any atom is -0.496 e. The van der Waals surface area contributed by atoms with E-state index in [1.54, 1.807) is 13.3 Å². The number of methoxy groups -OCH3 is 1. The van der Waals surface area contributed by atoms with E-state index in [0.29, 0.717) is 17.0 Å². The fourth-order valence-electron chi connectivity index (χ4n) is 5.06. The number of hydrogen-bond donors (Lipinski definition) is 1. The molecule has 7 nitrogen and oxygen atoms in total. The van der Waals surface area contributed by atoms with Gasteiger partial charge in [0.05, 0.1) is 24.4 Å². The highest BCUT2D eigenvalue weighted by Gasteiger charge is 2.47. The molecule has 0 unspecified atom stereocenters. The topological polar surface area (TPSA) is 90.0 Å². The van der Waals surface area contributed by atoms with Crippen LogP contribution >= 0.6 is 0 Å². The molecule has 160 valence electrons. The van der Waals surface area contributed by atoms with E-state index < -0.39 is 5.60 Å². The predicted molar refractivity (Wildman–Crippen MR) is 118 cm³/mol. The van der Waals surface area contributed by atoms with Gasteiger partial charge in [-0.3, -0.25) is 0 Å². The summed E-state index contributed by atoms with van der Waals surface area (Å²) in [5, 5.41) is 0. The zero-order chi connectivity index (χ0) is 21.7. The van der Waals surface area contributed by atoms with Gasteiger partial charge in [-0.1, -0.05) is 30.3 Å². The van der Waals surface area contributed by atoms with Crippen molar-refractivity contribution in [1.82, 2.24) is 19.9 Å². The Balaban J connectivity index is 1.26. The van der Waals surface area contributed by atoms with Crippen molar-refractivity contribution in [1.29, 1.82) is 0 Å². The van der Waals surface area contributed by atoms with Gasteiger partial charge < -0.3 is 14.5 Å². The molecular formula is C25H22N4O3. The van der Waals surface area contributed by atoms with E-state index in [9.17, 15) is 4.79 Å². The van der Waals surface area contributed by atoms with E-state index in [0.717, 1.165) is 53.9 Å². The molecule has 32 heavy (non-hydrogen) atoms. The molecule has 0 atom stereocenters. The van der Waals surface area contributed by atoms with Crippen LogP contribution in [-0.4, -0.2) is 33.0 Å². The second kappa shape index (κ2) is 7.15. The molecule has 1 aliphatic carbocycles. The van der Waals surface area contributed by atoms with Gasteiger partial charge >= 0.3 is 5.97 Å². The van der Waals surface area contributed by atoms with Crippen molar-refractivity contribution < 1.29 is 14.3 Å². The van der Waals surface area contributed by atoms with Crippen LogP contribution in [-0.2, 0) is 10.3 Å². The summed E-state index contributed by atoms with van der Waals surface area (Å²) in [4.78, 5) is 29.7. The zero-order valence-corrected chi connectivity index (χ0v) is 17.7. The number of esters is 1. The standard InChI is InChI=1S/C25H22N4O3/c1-31-20-9-5-3-7-17(20)22-26-14-19-23(29-22)28-21(27-19)15-10-12-25(13-11-15)18-8-4-2-6-16(18)24(30)32-25/h2-9,14-15H,10-13H2,1H3,(H,26,27,28,29). The van der Waals surface area contributed by atoms with Crippen LogP contribution in [0.5, 0.6) is 5.75 Å². The van der Waals surface area contributed by atoms with Crippen molar-refractivity contribution in [2.75, 3.05) is 7.11 Å². The fraction of sp³-hybridized carbons (Fsp3) is 0.280. The van der Waals surface area contributed by atoms with E-state index in [2.05, 4.69) is 9.97 Å². The van der Waals surface area contributed by atoms with E-state index in [1.807, 2.05) is 48.5 Å². The lowest BCUT2D eigenvalue weighted by Crippen LogP contribution is -2.31. The molecule has 6 rings (SSSR count). The van der Waals surface area contributed by atoms with Crippen LogP contribution in [0.3, 0.4) is 0 Å². The number of imidazole rings is 1. The molecule has 4 aromatic rings. The molecule has 0 radical (unpaired) electrons. The number of aromatic amines is 1. The number of nitrogens with one attached hydrogen (secondary N) is 1. The Labute approximate surface area is 184 Å². The molecule has 1 aliphatic heterocycles. The first-order valence-electron chi connectivity index (χ1n) is 10.9. The molecule has 0 saturated heterocycles. The molecule has 2 aromatic heterocycles. The zero-order valence-electron chi connectivity index (χ0n) is 17.7. The Kier molecular flexibility index (Phi) is 4.24. The maximum absolute atomic E-state index is 12.3. The Bertz CT molecular complexity index is 1340. The lowest BCUT2D eigenvalue weighted by molar-refractivity contribution is -0.0312. The number of ether oxygens (including phenoxy) is 2. The van der Waals surface area contributed by atoms with Gasteiger partial charge in [-0.2, -0.15) is 0 Å². The molecule has 2 aromatic carbocycles. The van der Waals surface area contributed by atoms with Crippen molar-refractivity contribution in [3.63, 3.8) is 0 Å². The van der Waals surface area contributed by atoms with E-state index in [4.69, 9.17) is 19.4 Å². The molecule has 1 N–H and O–H groups in total. The van der Waals surface area contributed by atoms with Gasteiger partial charge in [0.15, 0.2) is 11.5 Å². The number of para-hydroxylation sites is 1. The van der Waals surface area contributed by atoms with Crippen LogP contribution in [0.4, 0.5) is 0 Å². The van der Waals surface area contributed by atoms with Gasteiger partial charge in [0.25, 0.3) is 0 Å². The summed E-state index contributed by atoms with van der Waals surface area (Å²) in [6.07, 6.45) is 5.09. The largest absolute Gasteiger partial charge is 0.496 e. The number of carbonyl (C=O) groups is 1. The van der Waals surface area contributed by atoms with Crippen molar-refractivity contribution in [2.24, 2.45) is 0 Å². The van der Waals surface area contributed by atoms with Crippen molar-refractivity contribution >= 4 is 17.1 Å². The summed E-state index contributed by atoms with van der Waals surface area (Å²) in [5.41, 5.74) is 3.54. The molecule has 3 heterocycles. The van der Waals surface area contributed by atoms with Gasteiger partial charge in [-0.15, -0.1) is 0 Å². The SMILES string of the molecule is COc1ccccc1-c1ncc2nc(C3CCC4(CC3)OC(=O)c3ccccc34)[nH]c2n1.